The number of carbonyl (C=O) groups is 3. The molecule has 0 radical (unpaired) electrons. The molecule has 1 aliphatic heterocycles. The Morgan fingerprint density at radius 3 is 2.59 bits per heavy atom. The van der Waals surface area contributed by atoms with Gasteiger partial charge in [-0.3, -0.25) is 14.5 Å². The number of hydrogen-bond donors (Lipinski definition) is 3. The number of halogens is 1. The number of anilines is 1. The van der Waals surface area contributed by atoms with Crippen molar-refractivity contribution >= 4 is 39.4 Å². The van der Waals surface area contributed by atoms with Gasteiger partial charge < -0.3 is 15.5 Å². The SMILES string of the molecule is Cc1cc(C(=O)O)cc(Br)c1NC1=CC(=O)N(CCO)C1=O. The van der Waals surface area contributed by atoms with E-state index in [-0.39, 0.29) is 24.4 Å². The first-order valence-electron chi connectivity index (χ1n) is 6.34. The van der Waals surface area contributed by atoms with Crippen molar-refractivity contribution in [3.8, 4) is 0 Å². The van der Waals surface area contributed by atoms with Gasteiger partial charge in [0.1, 0.15) is 5.70 Å². The summed E-state index contributed by atoms with van der Waals surface area (Å²) in [5.74, 6) is -2.10. The number of amides is 2. The van der Waals surface area contributed by atoms with E-state index in [4.69, 9.17) is 10.2 Å². The minimum absolute atomic E-state index is 0.0720. The minimum Gasteiger partial charge on any atom is -0.478 e. The number of hydrogen-bond acceptors (Lipinski definition) is 5. The summed E-state index contributed by atoms with van der Waals surface area (Å²) in [6.07, 6.45) is 1.15. The van der Waals surface area contributed by atoms with Gasteiger partial charge in [-0.2, -0.15) is 0 Å². The topological polar surface area (TPSA) is 107 Å². The summed E-state index contributed by atoms with van der Waals surface area (Å²) >= 11 is 3.25. The van der Waals surface area contributed by atoms with E-state index in [0.29, 0.717) is 15.7 Å². The minimum atomic E-state index is -1.06. The number of benzene rings is 1. The highest BCUT2D eigenvalue weighted by Crippen LogP contribution is 2.30. The van der Waals surface area contributed by atoms with Crippen LogP contribution < -0.4 is 5.32 Å². The summed E-state index contributed by atoms with van der Waals surface area (Å²) in [6, 6.07) is 2.87. The number of carbonyl (C=O) groups excluding carboxylic acids is 2. The van der Waals surface area contributed by atoms with Gasteiger partial charge in [-0.25, -0.2) is 4.79 Å². The molecule has 1 aliphatic rings. The molecule has 0 atom stereocenters. The van der Waals surface area contributed by atoms with Crippen molar-refractivity contribution in [1.29, 1.82) is 0 Å². The van der Waals surface area contributed by atoms with Gasteiger partial charge in [0.15, 0.2) is 0 Å². The lowest BCUT2D eigenvalue weighted by atomic mass is 10.1. The number of β-amino-alcohol motifs (C(OH)–C–C–N with tert-alkyl or cyclic N) is 1. The van der Waals surface area contributed by atoms with Gasteiger partial charge in [-0.05, 0) is 40.5 Å². The van der Waals surface area contributed by atoms with Gasteiger partial charge >= 0.3 is 5.97 Å². The monoisotopic (exact) mass is 368 g/mol. The van der Waals surface area contributed by atoms with Gasteiger partial charge in [0, 0.05) is 10.5 Å². The molecule has 0 aromatic heterocycles. The molecule has 0 unspecified atom stereocenters. The smallest absolute Gasteiger partial charge is 0.335 e. The van der Waals surface area contributed by atoms with Crippen LogP contribution in [0.1, 0.15) is 15.9 Å². The second-order valence-corrected chi connectivity index (χ2v) is 5.51. The zero-order chi connectivity index (χ0) is 16.4. The predicted octanol–water partition coefficient (Wildman–Crippen LogP) is 1.11. The molecule has 0 saturated heterocycles. The number of carboxylic acid groups (broad SMARTS) is 1. The van der Waals surface area contributed by atoms with Crippen LogP contribution in [0, 0.1) is 6.92 Å². The maximum Gasteiger partial charge on any atom is 0.335 e. The Labute approximate surface area is 134 Å². The molecule has 0 bridgehead atoms. The summed E-state index contributed by atoms with van der Waals surface area (Å²) in [4.78, 5) is 35.7. The number of rotatable bonds is 5. The largest absolute Gasteiger partial charge is 0.478 e. The molecule has 3 N–H and O–H groups in total. The molecule has 0 spiro atoms. The van der Waals surface area contributed by atoms with Gasteiger partial charge in [-0.15, -0.1) is 0 Å². The average molecular weight is 369 g/mol. The Morgan fingerprint density at radius 1 is 1.36 bits per heavy atom. The number of carboxylic acids is 1. The number of aryl methyl sites for hydroxylation is 1. The molecule has 2 amide bonds. The quantitative estimate of drug-likeness (QED) is 0.672. The standard InChI is InChI=1S/C14H13BrN2O5/c1-7-4-8(14(21)22)5-9(15)12(7)16-10-6-11(19)17(2-3-18)13(10)20/h4-6,16,18H,2-3H2,1H3,(H,21,22). The van der Waals surface area contributed by atoms with E-state index in [1.54, 1.807) is 6.92 Å². The molecular formula is C14H13BrN2O5. The Hall–Kier alpha value is -2.19. The van der Waals surface area contributed by atoms with E-state index in [0.717, 1.165) is 11.0 Å². The lowest BCUT2D eigenvalue weighted by molar-refractivity contribution is -0.137. The van der Waals surface area contributed by atoms with Crippen molar-refractivity contribution in [2.75, 3.05) is 18.5 Å². The van der Waals surface area contributed by atoms with Crippen molar-refractivity contribution in [1.82, 2.24) is 4.90 Å². The van der Waals surface area contributed by atoms with Gasteiger partial charge in [0.25, 0.3) is 11.8 Å². The number of nitrogens with zero attached hydrogens (tertiary/aromatic N) is 1. The first kappa shape index (κ1) is 16.2. The number of imide groups is 1. The molecule has 2 rings (SSSR count). The van der Waals surface area contributed by atoms with E-state index in [1.165, 1.54) is 12.1 Å². The fraction of sp³-hybridized carbons (Fsp3) is 0.214. The zero-order valence-electron chi connectivity index (χ0n) is 11.6. The third kappa shape index (κ3) is 3.02. The Balaban J connectivity index is 2.29. The molecule has 22 heavy (non-hydrogen) atoms. The summed E-state index contributed by atoms with van der Waals surface area (Å²) in [5.41, 5.74) is 1.29. The van der Waals surface area contributed by atoms with Crippen molar-refractivity contribution in [3.63, 3.8) is 0 Å². The molecule has 1 heterocycles. The lowest BCUT2D eigenvalue weighted by Crippen LogP contribution is -2.34. The van der Waals surface area contributed by atoms with Crippen LogP contribution in [0.2, 0.25) is 0 Å². The summed E-state index contributed by atoms with van der Waals surface area (Å²) in [5, 5.41) is 20.7. The number of aliphatic hydroxyl groups excluding tert-OH is 1. The van der Waals surface area contributed by atoms with E-state index >= 15 is 0 Å². The Kier molecular flexibility index (Phi) is 4.62. The van der Waals surface area contributed by atoms with Crippen LogP contribution in [-0.2, 0) is 9.59 Å². The van der Waals surface area contributed by atoms with Crippen LogP contribution in [0.5, 0.6) is 0 Å². The van der Waals surface area contributed by atoms with E-state index < -0.39 is 17.8 Å². The van der Waals surface area contributed by atoms with E-state index in [2.05, 4.69) is 21.2 Å². The van der Waals surface area contributed by atoms with Gasteiger partial charge in [0.2, 0.25) is 0 Å². The number of nitrogens with one attached hydrogen (secondary N) is 1. The normalized spacial score (nSPS) is 14.3. The van der Waals surface area contributed by atoms with Gasteiger partial charge in [-0.1, -0.05) is 0 Å². The van der Waals surface area contributed by atoms with Crippen LogP contribution in [0.4, 0.5) is 5.69 Å². The highest BCUT2D eigenvalue weighted by molar-refractivity contribution is 9.10. The van der Waals surface area contributed by atoms with Crippen molar-refractivity contribution in [3.05, 3.63) is 39.5 Å². The van der Waals surface area contributed by atoms with E-state index in [9.17, 15) is 14.4 Å². The molecule has 1 aromatic carbocycles. The van der Waals surface area contributed by atoms with Crippen molar-refractivity contribution < 1.29 is 24.6 Å². The fourth-order valence-corrected chi connectivity index (χ4v) is 2.73. The average Bonchev–Trinajstić information content (AvgIpc) is 2.70. The number of aromatic carboxylic acids is 1. The third-order valence-corrected chi connectivity index (χ3v) is 3.75. The first-order chi connectivity index (χ1) is 10.3. The van der Waals surface area contributed by atoms with Crippen LogP contribution in [0.15, 0.2) is 28.4 Å². The Morgan fingerprint density at radius 2 is 2.05 bits per heavy atom. The Bertz CT molecular complexity index is 675. The molecule has 8 heteroatoms. The van der Waals surface area contributed by atoms with Gasteiger partial charge in [0.05, 0.1) is 24.4 Å². The lowest BCUT2D eigenvalue weighted by Gasteiger charge is -2.15. The predicted molar refractivity (Wildman–Crippen MR) is 81.3 cm³/mol. The van der Waals surface area contributed by atoms with Crippen molar-refractivity contribution in [2.24, 2.45) is 0 Å². The molecule has 1 aromatic rings. The molecule has 7 nitrogen and oxygen atoms in total. The highest BCUT2D eigenvalue weighted by Gasteiger charge is 2.31. The third-order valence-electron chi connectivity index (χ3n) is 3.13. The molecule has 0 fully saturated rings. The summed E-state index contributed by atoms with van der Waals surface area (Å²) < 4.78 is 0.464. The second kappa shape index (κ2) is 6.29. The van der Waals surface area contributed by atoms with Crippen LogP contribution in [-0.4, -0.2) is 46.0 Å². The van der Waals surface area contributed by atoms with Crippen LogP contribution in [0.25, 0.3) is 0 Å². The van der Waals surface area contributed by atoms with Crippen LogP contribution in [0.3, 0.4) is 0 Å². The highest BCUT2D eigenvalue weighted by atomic mass is 79.9. The van der Waals surface area contributed by atoms with Crippen molar-refractivity contribution in [2.45, 2.75) is 6.92 Å². The summed E-state index contributed by atoms with van der Waals surface area (Å²) in [6.45, 7) is 1.30. The molecule has 116 valence electrons. The van der Waals surface area contributed by atoms with E-state index in [1.807, 2.05) is 0 Å². The van der Waals surface area contributed by atoms with Crippen LogP contribution >= 0.6 is 15.9 Å². The number of aliphatic hydroxyl groups is 1. The second-order valence-electron chi connectivity index (χ2n) is 4.66. The fourth-order valence-electron chi connectivity index (χ4n) is 2.07. The maximum atomic E-state index is 12.1. The molecule has 0 aliphatic carbocycles. The maximum absolute atomic E-state index is 12.1. The zero-order valence-corrected chi connectivity index (χ0v) is 13.2. The summed E-state index contributed by atoms with van der Waals surface area (Å²) in [7, 11) is 0. The molecular weight excluding hydrogens is 356 g/mol. The first-order valence-corrected chi connectivity index (χ1v) is 7.13. The molecule has 0 saturated carbocycles.